The number of Topliss-reactive ketones (excluding diaryl/α,β-unsaturated/α-hetero) is 1. The van der Waals surface area contributed by atoms with Gasteiger partial charge in [-0.25, -0.2) is 0 Å². The molecule has 0 aromatic rings. The zero-order valence-electron chi connectivity index (χ0n) is 6.60. The van der Waals surface area contributed by atoms with Crippen molar-refractivity contribution in [1.29, 1.82) is 0 Å². The molecule has 0 unspecified atom stereocenters. The summed E-state index contributed by atoms with van der Waals surface area (Å²) in [6.45, 7) is 0.806. The number of hydrogen-bond acceptors (Lipinski definition) is 5. The van der Waals surface area contributed by atoms with Gasteiger partial charge in [-0.1, -0.05) is 0 Å². The monoisotopic (exact) mass is 175 g/mol. The van der Waals surface area contributed by atoms with Crippen molar-refractivity contribution < 1.29 is 24.9 Å². The van der Waals surface area contributed by atoms with Crippen LogP contribution in [0.3, 0.4) is 0 Å². The summed E-state index contributed by atoms with van der Waals surface area (Å²) in [4.78, 5) is 10.7. The summed E-state index contributed by atoms with van der Waals surface area (Å²) in [6, 6.07) is 0. The van der Waals surface area contributed by atoms with Gasteiger partial charge in [-0.15, -0.1) is 0 Å². The summed E-state index contributed by atoms with van der Waals surface area (Å²) >= 11 is 0. The summed E-state index contributed by atoms with van der Waals surface area (Å²) in [5.74, 6) is -0.433. The molecular weight excluding hydrogens is 164 g/mol. The second-order valence-electron chi connectivity index (χ2n) is 2.69. The number of carbonyl (C=O) groups is 1. The van der Waals surface area contributed by atoms with Gasteiger partial charge < -0.3 is 20.1 Å². The molecule has 0 aromatic heterocycles. The Morgan fingerprint density at radius 3 is 2.42 bits per heavy atom. The average molecular weight is 175 g/mol. The summed E-state index contributed by atoms with van der Waals surface area (Å²) in [5, 5.41) is 27.0. The van der Waals surface area contributed by atoms with Gasteiger partial charge in [-0.3, -0.25) is 4.79 Å². The molecule has 3 N–H and O–H groups in total. The van der Waals surface area contributed by atoms with Crippen LogP contribution in [0.25, 0.3) is 0 Å². The van der Waals surface area contributed by atoms with Crippen LogP contribution in [-0.4, -0.2) is 46.0 Å². The van der Waals surface area contributed by atoms with Crippen molar-refractivity contribution in [1.82, 2.24) is 0 Å². The van der Waals surface area contributed by atoms with E-state index in [0.717, 1.165) is 0 Å². The Balaban J connectivity index is 2.66. The van der Waals surface area contributed by atoms with E-state index >= 15 is 0 Å². The van der Waals surface area contributed by atoms with E-state index in [0.29, 0.717) is 0 Å². The molecule has 1 radical (unpaired) electrons. The fourth-order valence-electron chi connectivity index (χ4n) is 1.10. The SMILES string of the molecule is CC(=O)[C]1O[C@H](CO)[C@H](O)[C@@H]1O. The van der Waals surface area contributed by atoms with Crippen molar-refractivity contribution >= 4 is 5.78 Å². The maximum Gasteiger partial charge on any atom is 0.193 e. The molecule has 0 bridgehead atoms. The number of ketones is 1. The van der Waals surface area contributed by atoms with Crippen molar-refractivity contribution in [3.63, 3.8) is 0 Å². The number of rotatable bonds is 2. The molecule has 0 aromatic carbocycles. The van der Waals surface area contributed by atoms with Crippen LogP contribution >= 0.6 is 0 Å². The summed E-state index contributed by atoms with van der Waals surface area (Å²) in [5.41, 5.74) is 0. The third kappa shape index (κ3) is 1.49. The molecule has 12 heavy (non-hydrogen) atoms. The molecule has 1 aliphatic heterocycles. The predicted octanol–water partition coefficient (Wildman–Crippen LogP) is -1.78. The van der Waals surface area contributed by atoms with Gasteiger partial charge in [0.2, 0.25) is 0 Å². The molecule has 1 saturated heterocycles. The number of aliphatic hydroxyl groups excluding tert-OH is 3. The third-order valence-electron chi connectivity index (χ3n) is 1.78. The lowest BCUT2D eigenvalue weighted by molar-refractivity contribution is -0.122. The normalized spacial score (nSPS) is 37.2. The van der Waals surface area contributed by atoms with Crippen LogP contribution in [0.2, 0.25) is 0 Å². The smallest absolute Gasteiger partial charge is 0.193 e. The lowest BCUT2D eigenvalue weighted by Gasteiger charge is -2.10. The molecule has 1 fully saturated rings. The van der Waals surface area contributed by atoms with Crippen LogP contribution in [0.15, 0.2) is 0 Å². The Hall–Kier alpha value is -0.490. The van der Waals surface area contributed by atoms with Crippen molar-refractivity contribution in [2.24, 2.45) is 0 Å². The van der Waals surface area contributed by atoms with Crippen LogP contribution < -0.4 is 0 Å². The van der Waals surface area contributed by atoms with E-state index in [1.54, 1.807) is 0 Å². The van der Waals surface area contributed by atoms with E-state index in [4.69, 9.17) is 14.9 Å². The van der Waals surface area contributed by atoms with E-state index in [1.165, 1.54) is 6.92 Å². The maximum atomic E-state index is 10.7. The molecule has 0 saturated carbocycles. The fraction of sp³-hybridized carbons (Fsp3) is 0.714. The highest BCUT2D eigenvalue weighted by Crippen LogP contribution is 2.27. The molecule has 1 heterocycles. The molecule has 0 aliphatic carbocycles. The Bertz CT molecular complexity index is 181. The summed E-state index contributed by atoms with van der Waals surface area (Å²) < 4.78 is 4.81. The highest BCUT2D eigenvalue weighted by molar-refractivity contribution is 5.89. The van der Waals surface area contributed by atoms with Gasteiger partial charge in [-0.05, 0) is 6.92 Å². The zero-order valence-corrected chi connectivity index (χ0v) is 6.60. The maximum absolute atomic E-state index is 10.7. The van der Waals surface area contributed by atoms with Gasteiger partial charge in [0.05, 0.1) is 6.61 Å². The first kappa shape index (κ1) is 9.60. The van der Waals surface area contributed by atoms with Gasteiger partial charge in [0.1, 0.15) is 18.3 Å². The lowest BCUT2D eigenvalue weighted by Crippen LogP contribution is -2.33. The number of aliphatic hydroxyl groups is 3. The molecule has 5 heteroatoms. The van der Waals surface area contributed by atoms with Crippen molar-refractivity contribution in [2.45, 2.75) is 25.2 Å². The van der Waals surface area contributed by atoms with Crippen LogP contribution in [-0.2, 0) is 9.53 Å². The van der Waals surface area contributed by atoms with Crippen LogP contribution in [0.4, 0.5) is 0 Å². The highest BCUT2D eigenvalue weighted by atomic mass is 16.6. The number of hydrogen-bond donors (Lipinski definition) is 3. The van der Waals surface area contributed by atoms with Gasteiger partial charge >= 0.3 is 0 Å². The fourth-order valence-corrected chi connectivity index (χ4v) is 1.10. The largest absolute Gasteiger partial charge is 0.394 e. The van der Waals surface area contributed by atoms with Gasteiger partial charge in [-0.2, -0.15) is 0 Å². The second-order valence-corrected chi connectivity index (χ2v) is 2.69. The molecular formula is C7H11O5. The quantitative estimate of drug-likeness (QED) is 0.462. The first-order chi connectivity index (χ1) is 5.57. The Labute approximate surface area is 69.6 Å². The second kappa shape index (κ2) is 3.49. The molecule has 5 nitrogen and oxygen atoms in total. The standard InChI is InChI=1S/C7H11O5/c1-3(9)7-6(11)5(10)4(2-8)12-7/h4-6,8,10-11H,2H2,1H3/t4-,5+,6+/m1/s1. The molecule has 1 aliphatic rings. The Morgan fingerprint density at radius 2 is 2.17 bits per heavy atom. The summed E-state index contributed by atoms with van der Waals surface area (Å²) in [6.07, 6.45) is -3.59. The molecule has 0 amide bonds. The highest BCUT2D eigenvalue weighted by Gasteiger charge is 2.45. The van der Waals surface area contributed by atoms with Gasteiger partial charge in [0.15, 0.2) is 11.9 Å². The zero-order chi connectivity index (χ0) is 9.30. The number of ether oxygens (including phenoxy) is 1. The van der Waals surface area contributed by atoms with Gasteiger partial charge in [0, 0.05) is 0 Å². The van der Waals surface area contributed by atoms with E-state index < -0.39 is 30.7 Å². The Morgan fingerprint density at radius 1 is 1.58 bits per heavy atom. The van der Waals surface area contributed by atoms with E-state index in [1.807, 2.05) is 0 Å². The molecule has 1 rings (SSSR count). The first-order valence-corrected chi connectivity index (χ1v) is 3.59. The minimum Gasteiger partial charge on any atom is -0.394 e. The molecule has 0 spiro atoms. The van der Waals surface area contributed by atoms with Crippen LogP contribution in [0.5, 0.6) is 0 Å². The minimum atomic E-state index is -1.31. The van der Waals surface area contributed by atoms with Crippen molar-refractivity contribution in [2.75, 3.05) is 6.61 Å². The van der Waals surface area contributed by atoms with E-state index in [9.17, 15) is 9.90 Å². The van der Waals surface area contributed by atoms with E-state index in [2.05, 4.69) is 0 Å². The Kier molecular flexibility index (Phi) is 2.79. The van der Waals surface area contributed by atoms with E-state index in [-0.39, 0.29) is 6.10 Å². The number of carbonyl (C=O) groups excluding carboxylic acids is 1. The van der Waals surface area contributed by atoms with Crippen LogP contribution in [0.1, 0.15) is 6.92 Å². The summed E-state index contributed by atoms with van der Waals surface area (Å²) in [7, 11) is 0. The van der Waals surface area contributed by atoms with Crippen molar-refractivity contribution in [3.8, 4) is 0 Å². The average Bonchev–Trinajstić information content (AvgIpc) is 2.30. The minimum absolute atomic E-state index is 0.179. The predicted molar refractivity (Wildman–Crippen MR) is 37.9 cm³/mol. The lowest BCUT2D eigenvalue weighted by atomic mass is 10.1. The van der Waals surface area contributed by atoms with Crippen molar-refractivity contribution in [3.05, 3.63) is 6.10 Å². The third-order valence-corrected chi connectivity index (χ3v) is 1.78. The molecule has 3 atom stereocenters. The van der Waals surface area contributed by atoms with Crippen LogP contribution in [0, 0.1) is 6.10 Å². The first-order valence-electron chi connectivity index (χ1n) is 3.59. The van der Waals surface area contributed by atoms with Gasteiger partial charge in [0.25, 0.3) is 0 Å². The topological polar surface area (TPSA) is 87.0 Å². The molecule has 69 valence electrons.